The zero-order valence-electron chi connectivity index (χ0n) is 9.49. The highest BCUT2D eigenvalue weighted by atomic mass is 16.5. The third kappa shape index (κ3) is 1.61. The molecule has 1 aliphatic carbocycles. The van der Waals surface area contributed by atoms with Crippen LogP contribution in [0.15, 0.2) is 0 Å². The Hall–Kier alpha value is -1.36. The highest BCUT2D eigenvalue weighted by molar-refractivity contribution is 5.89. The van der Waals surface area contributed by atoms with Crippen LogP contribution in [-0.4, -0.2) is 34.5 Å². The van der Waals surface area contributed by atoms with E-state index in [1.807, 2.05) is 0 Å². The molecule has 2 atom stereocenters. The van der Waals surface area contributed by atoms with Crippen LogP contribution in [-0.2, 0) is 11.2 Å². The number of nitrogens with zero attached hydrogens (tertiary/aromatic N) is 1. The number of fused-ring (bicyclic) bond motifs is 1. The lowest BCUT2D eigenvalue weighted by atomic mass is 9.98. The van der Waals surface area contributed by atoms with Crippen molar-refractivity contribution >= 4 is 5.97 Å². The number of aliphatic hydroxyl groups excluding tert-OH is 1. The fraction of sp³-hybridized carbons (Fsp3) is 0.636. The largest absolute Gasteiger partial charge is 0.461 e. The van der Waals surface area contributed by atoms with Crippen molar-refractivity contribution in [2.75, 3.05) is 13.2 Å². The van der Waals surface area contributed by atoms with Crippen molar-refractivity contribution in [2.45, 2.75) is 26.2 Å². The predicted octanol–water partition coefficient (Wildman–Crippen LogP) is 0.855. The zero-order chi connectivity index (χ0) is 11.7. The molecule has 1 heterocycles. The maximum absolute atomic E-state index is 11.6. The molecule has 1 aliphatic rings. The lowest BCUT2D eigenvalue weighted by Crippen LogP contribution is -2.10. The molecule has 0 bridgehead atoms. The molecular formula is C11H16N2O3. The molecule has 0 aromatic carbocycles. The van der Waals surface area contributed by atoms with E-state index < -0.39 is 0 Å². The summed E-state index contributed by atoms with van der Waals surface area (Å²) in [4.78, 5) is 11.6. The molecule has 0 saturated carbocycles. The molecule has 0 spiro atoms. The molecule has 2 unspecified atom stereocenters. The number of carbonyl (C=O) groups excluding carboxylic acids is 1. The Morgan fingerprint density at radius 3 is 3.06 bits per heavy atom. The number of aromatic amines is 1. The molecule has 0 fully saturated rings. The van der Waals surface area contributed by atoms with Crippen molar-refractivity contribution in [3.63, 3.8) is 0 Å². The highest BCUT2D eigenvalue weighted by Gasteiger charge is 2.35. The van der Waals surface area contributed by atoms with Gasteiger partial charge in [-0.15, -0.1) is 0 Å². The minimum Gasteiger partial charge on any atom is -0.461 e. The maximum atomic E-state index is 11.6. The van der Waals surface area contributed by atoms with Gasteiger partial charge in [0, 0.05) is 17.2 Å². The van der Waals surface area contributed by atoms with Crippen LogP contribution in [0.5, 0.6) is 0 Å². The number of carbonyl (C=O) groups is 1. The molecular weight excluding hydrogens is 208 g/mol. The van der Waals surface area contributed by atoms with E-state index in [1.54, 1.807) is 6.92 Å². The summed E-state index contributed by atoms with van der Waals surface area (Å²) in [6.45, 7) is 4.26. The lowest BCUT2D eigenvalue weighted by Gasteiger charge is -2.11. The Labute approximate surface area is 93.8 Å². The van der Waals surface area contributed by atoms with E-state index >= 15 is 0 Å². The number of nitrogens with one attached hydrogen (secondary N) is 1. The number of hydrogen-bond donors (Lipinski definition) is 2. The van der Waals surface area contributed by atoms with Gasteiger partial charge in [0.25, 0.3) is 0 Å². The normalized spacial score (nSPS) is 23.2. The van der Waals surface area contributed by atoms with Gasteiger partial charge in [-0.25, -0.2) is 4.79 Å². The van der Waals surface area contributed by atoms with E-state index in [0.717, 1.165) is 17.7 Å². The van der Waals surface area contributed by atoms with E-state index in [-0.39, 0.29) is 18.5 Å². The molecule has 5 heteroatoms. The number of aromatic nitrogens is 2. The third-order valence-electron chi connectivity index (χ3n) is 3.15. The summed E-state index contributed by atoms with van der Waals surface area (Å²) in [6.07, 6.45) is 0.769. The fourth-order valence-corrected chi connectivity index (χ4v) is 2.28. The number of rotatable bonds is 3. The standard InChI is InChI=1S/C11H16N2O3/c1-3-16-11(15)10-7-4-6(2)8(5-14)9(7)12-13-10/h6,8,14H,3-5H2,1-2H3,(H,12,13). The highest BCUT2D eigenvalue weighted by Crippen LogP contribution is 2.37. The van der Waals surface area contributed by atoms with Crippen LogP contribution in [0.1, 0.15) is 41.5 Å². The Bertz CT molecular complexity index is 400. The summed E-state index contributed by atoms with van der Waals surface area (Å²) in [5, 5.41) is 16.1. The van der Waals surface area contributed by atoms with E-state index in [4.69, 9.17) is 4.74 Å². The summed E-state index contributed by atoms with van der Waals surface area (Å²) >= 11 is 0. The molecule has 88 valence electrons. The molecule has 0 radical (unpaired) electrons. The zero-order valence-corrected chi connectivity index (χ0v) is 9.49. The van der Waals surface area contributed by atoms with Gasteiger partial charge in [0.05, 0.1) is 13.2 Å². The van der Waals surface area contributed by atoms with Gasteiger partial charge in [0.2, 0.25) is 0 Å². The van der Waals surface area contributed by atoms with Crippen LogP contribution >= 0.6 is 0 Å². The van der Waals surface area contributed by atoms with Crippen LogP contribution < -0.4 is 0 Å². The van der Waals surface area contributed by atoms with E-state index in [9.17, 15) is 9.90 Å². The van der Waals surface area contributed by atoms with Crippen LogP contribution in [0.25, 0.3) is 0 Å². The second-order valence-corrected chi connectivity index (χ2v) is 4.16. The first kappa shape index (κ1) is 11.1. The fourth-order valence-electron chi connectivity index (χ4n) is 2.28. The van der Waals surface area contributed by atoms with Crippen LogP contribution in [0.3, 0.4) is 0 Å². The summed E-state index contributed by atoms with van der Waals surface area (Å²) < 4.78 is 4.93. The Kier molecular flexibility index (Phi) is 2.96. The summed E-state index contributed by atoms with van der Waals surface area (Å²) in [5.74, 6) is 0.0129. The number of hydrogen-bond acceptors (Lipinski definition) is 4. The second kappa shape index (κ2) is 4.25. The van der Waals surface area contributed by atoms with Gasteiger partial charge in [-0.05, 0) is 19.3 Å². The molecule has 0 saturated heterocycles. The minimum atomic E-state index is -0.384. The predicted molar refractivity (Wildman–Crippen MR) is 57.2 cm³/mol. The average molecular weight is 224 g/mol. The molecule has 1 aromatic rings. The topological polar surface area (TPSA) is 75.2 Å². The van der Waals surface area contributed by atoms with E-state index in [2.05, 4.69) is 17.1 Å². The average Bonchev–Trinajstić information content (AvgIpc) is 2.75. The van der Waals surface area contributed by atoms with Crippen molar-refractivity contribution in [1.82, 2.24) is 10.2 Å². The van der Waals surface area contributed by atoms with Gasteiger partial charge < -0.3 is 9.84 Å². The lowest BCUT2D eigenvalue weighted by molar-refractivity contribution is 0.0518. The van der Waals surface area contributed by atoms with Crippen molar-refractivity contribution in [1.29, 1.82) is 0 Å². The van der Waals surface area contributed by atoms with Crippen molar-refractivity contribution in [2.24, 2.45) is 5.92 Å². The number of aliphatic hydroxyl groups is 1. The van der Waals surface area contributed by atoms with Crippen molar-refractivity contribution in [3.05, 3.63) is 17.0 Å². The quantitative estimate of drug-likeness (QED) is 0.746. The summed E-state index contributed by atoms with van der Waals surface area (Å²) in [7, 11) is 0. The summed E-state index contributed by atoms with van der Waals surface area (Å²) in [5.41, 5.74) is 2.17. The van der Waals surface area contributed by atoms with Crippen LogP contribution in [0, 0.1) is 5.92 Å². The van der Waals surface area contributed by atoms with Crippen molar-refractivity contribution < 1.29 is 14.6 Å². The SMILES string of the molecule is CCOC(=O)c1n[nH]c2c1CC(C)C2CO. The van der Waals surface area contributed by atoms with E-state index in [1.165, 1.54) is 0 Å². The van der Waals surface area contributed by atoms with Crippen molar-refractivity contribution in [3.8, 4) is 0 Å². The summed E-state index contributed by atoms with van der Waals surface area (Å²) in [6, 6.07) is 0. The molecule has 1 aromatic heterocycles. The number of esters is 1. The maximum Gasteiger partial charge on any atom is 0.359 e. The Morgan fingerprint density at radius 2 is 2.44 bits per heavy atom. The first-order valence-electron chi connectivity index (χ1n) is 5.54. The molecule has 0 amide bonds. The third-order valence-corrected chi connectivity index (χ3v) is 3.15. The van der Waals surface area contributed by atoms with E-state index in [0.29, 0.717) is 18.2 Å². The number of H-pyrrole nitrogens is 1. The van der Waals surface area contributed by atoms with Gasteiger partial charge in [0.1, 0.15) is 0 Å². The van der Waals surface area contributed by atoms with Crippen LogP contribution in [0.2, 0.25) is 0 Å². The monoisotopic (exact) mass is 224 g/mol. The van der Waals surface area contributed by atoms with Gasteiger partial charge in [-0.1, -0.05) is 6.92 Å². The molecule has 16 heavy (non-hydrogen) atoms. The van der Waals surface area contributed by atoms with Crippen LogP contribution in [0.4, 0.5) is 0 Å². The van der Waals surface area contributed by atoms with Gasteiger partial charge in [-0.3, -0.25) is 5.10 Å². The molecule has 0 aliphatic heterocycles. The Balaban J connectivity index is 2.30. The van der Waals surface area contributed by atoms with Gasteiger partial charge in [-0.2, -0.15) is 5.10 Å². The van der Waals surface area contributed by atoms with Gasteiger partial charge >= 0.3 is 5.97 Å². The molecule has 5 nitrogen and oxygen atoms in total. The first-order chi connectivity index (χ1) is 7.69. The van der Waals surface area contributed by atoms with Gasteiger partial charge in [0.15, 0.2) is 5.69 Å². The first-order valence-corrected chi connectivity index (χ1v) is 5.54. The Morgan fingerprint density at radius 1 is 1.69 bits per heavy atom. The molecule has 2 N–H and O–H groups in total. The minimum absolute atomic E-state index is 0.0608. The second-order valence-electron chi connectivity index (χ2n) is 4.16. The molecule has 2 rings (SSSR count). The smallest absolute Gasteiger partial charge is 0.359 e. The number of ether oxygens (including phenoxy) is 1.